The lowest BCUT2D eigenvalue weighted by Gasteiger charge is -2.29. The molecule has 0 atom stereocenters. The Morgan fingerprint density at radius 1 is 0.895 bits per heavy atom. The molecular formula is C34H38ClFO2. The fraction of sp³-hybridized carbons (Fsp3) is 0.412. The molecule has 2 nitrogen and oxygen atoms in total. The van der Waals surface area contributed by atoms with Crippen LogP contribution in [0.25, 0.3) is 11.1 Å². The van der Waals surface area contributed by atoms with Crippen molar-refractivity contribution in [3.05, 3.63) is 93.5 Å². The number of fused-ring (bicyclic) bond motifs is 1. The van der Waals surface area contributed by atoms with Gasteiger partial charge in [-0.05, 0) is 134 Å². The third kappa shape index (κ3) is 6.26. The van der Waals surface area contributed by atoms with Gasteiger partial charge in [0, 0.05) is 5.02 Å². The van der Waals surface area contributed by atoms with Gasteiger partial charge in [0.1, 0.15) is 11.5 Å². The van der Waals surface area contributed by atoms with E-state index >= 15 is 0 Å². The van der Waals surface area contributed by atoms with E-state index in [-0.39, 0.29) is 12.8 Å². The highest BCUT2D eigenvalue weighted by molar-refractivity contribution is 6.31. The van der Waals surface area contributed by atoms with E-state index in [1.54, 1.807) is 6.07 Å². The number of hydrogen-bond donors (Lipinski definition) is 1. The summed E-state index contributed by atoms with van der Waals surface area (Å²) >= 11 is 6.56. The van der Waals surface area contributed by atoms with Gasteiger partial charge in [0.15, 0.2) is 0 Å². The van der Waals surface area contributed by atoms with E-state index in [1.165, 1.54) is 35.1 Å². The molecule has 2 aliphatic rings. The van der Waals surface area contributed by atoms with E-state index in [2.05, 4.69) is 48.5 Å². The van der Waals surface area contributed by atoms with E-state index in [1.807, 2.05) is 13.0 Å². The lowest BCUT2D eigenvalue weighted by atomic mass is 9.84. The summed E-state index contributed by atoms with van der Waals surface area (Å²) < 4.78 is 18.8. The lowest BCUT2D eigenvalue weighted by Crippen LogP contribution is -2.24. The van der Waals surface area contributed by atoms with Crippen LogP contribution in [0.2, 0.25) is 5.02 Å². The number of halogens is 2. The number of unbranched alkanes of at least 4 members (excludes halogenated alkanes) is 1. The van der Waals surface area contributed by atoms with E-state index in [9.17, 15) is 9.50 Å². The van der Waals surface area contributed by atoms with Crippen LogP contribution < -0.4 is 4.74 Å². The number of rotatable bonds is 8. The van der Waals surface area contributed by atoms with Gasteiger partial charge in [-0.2, -0.15) is 0 Å². The van der Waals surface area contributed by atoms with Gasteiger partial charge >= 0.3 is 0 Å². The van der Waals surface area contributed by atoms with Crippen LogP contribution in [0.5, 0.6) is 11.5 Å². The molecule has 0 saturated heterocycles. The molecule has 38 heavy (non-hydrogen) atoms. The fourth-order valence-electron chi connectivity index (χ4n) is 6.13. The number of phenolic OH excluding ortho intramolecular Hbond substituents is 1. The van der Waals surface area contributed by atoms with E-state index in [4.69, 9.17) is 16.3 Å². The summed E-state index contributed by atoms with van der Waals surface area (Å²) in [7, 11) is 0. The molecule has 0 amide bonds. The molecular weight excluding hydrogens is 495 g/mol. The summed E-state index contributed by atoms with van der Waals surface area (Å²) in [6, 6.07) is 20.6. The van der Waals surface area contributed by atoms with Gasteiger partial charge in [-0.25, -0.2) is 0 Å². The second kappa shape index (κ2) is 12.4. The quantitative estimate of drug-likeness (QED) is 0.292. The predicted octanol–water partition coefficient (Wildman–Crippen LogP) is 9.73. The first-order valence-corrected chi connectivity index (χ1v) is 14.5. The van der Waals surface area contributed by atoms with Gasteiger partial charge in [0.2, 0.25) is 0 Å². The number of phenols is 1. The molecule has 5 rings (SSSR count). The Morgan fingerprint density at radius 3 is 2.39 bits per heavy atom. The minimum absolute atomic E-state index is 0.195. The lowest BCUT2D eigenvalue weighted by molar-refractivity contribution is 0.127. The van der Waals surface area contributed by atoms with E-state index in [0.29, 0.717) is 12.2 Å². The Balaban J connectivity index is 1.40. The smallest absolute Gasteiger partial charge is 0.119 e. The van der Waals surface area contributed by atoms with Crippen LogP contribution in [0.4, 0.5) is 4.39 Å². The summed E-state index contributed by atoms with van der Waals surface area (Å²) in [6.07, 6.45) is 10.5. The molecule has 1 N–H and O–H groups in total. The van der Waals surface area contributed by atoms with Crippen LogP contribution in [0.15, 0.2) is 60.7 Å². The largest absolute Gasteiger partial charge is 0.508 e. The Morgan fingerprint density at radius 2 is 1.66 bits per heavy atom. The first kappa shape index (κ1) is 26.8. The molecule has 0 aliphatic heterocycles. The Kier molecular flexibility index (Phi) is 8.74. The van der Waals surface area contributed by atoms with Gasteiger partial charge in [0.05, 0.1) is 12.8 Å². The zero-order chi connectivity index (χ0) is 26.5. The van der Waals surface area contributed by atoms with Gasteiger partial charge in [-0.15, -0.1) is 0 Å². The van der Waals surface area contributed by atoms with E-state index in [0.717, 1.165) is 78.3 Å². The molecule has 1 fully saturated rings. The predicted molar refractivity (Wildman–Crippen MR) is 156 cm³/mol. The second-order valence-electron chi connectivity index (χ2n) is 11.0. The van der Waals surface area contributed by atoms with Gasteiger partial charge < -0.3 is 9.84 Å². The Labute approximate surface area is 231 Å². The average molecular weight is 533 g/mol. The summed E-state index contributed by atoms with van der Waals surface area (Å²) in [6.45, 7) is 1.84. The topological polar surface area (TPSA) is 29.5 Å². The van der Waals surface area contributed by atoms with Crippen molar-refractivity contribution in [1.82, 2.24) is 0 Å². The second-order valence-corrected chi connectivity index (χ2v) is 11.4. The van der Waals surface area contributed by atoms with Crippen LogP contribution >= 0.6 is 11.6 Å². The van der Waals surface area contributed by atoms with Crippen molar-refractivity contribution in [2.75, 3.05) is 6.67 Å². The van der Waals surface area contributed by atoms with Crippen LogP contribution in [0, 0.1) is 12.8 Å². The van der Waals surface area contributed by atoms with Crippen molar-refractivity contribution >= 4 is 22.7 Å². The number of allylic oxidation sites excluding steroid dienone is 1. The molecule has 200 valence electrons. The van der Waals surface area contributed by atoms with Crippen molar-refractivity contribution in [1.29, 1.82) is 0 Å². The molecule has 0 unspecified atom stereocenters. The summed E-state index contributed by atoms with van der Waals surface area (Å²) in [4.78, 5) is 0. The number of aromatic hydroxyl groups is 1. The van der Waals surface area contributed by atoms with Crippen LogP contribution in [-0.4, -0.2) is 17.9 Å². The minimum atomic E-state index is -0.195. The zero-order valence-electron chi connectivity index (χ0n) is 22.3. The average Bonchev–Trinajstić information content (AvgIpc) is 3.11. The summed E-state index contributed by atoms with van der Waals surface area (Å²) in [5, 5.41) is 11.0. The molecule has 4 heteroatoms. The third-order valence-corrected chi connectivity index (χ3v) is 8.70. The fourth-order valence-corrected chi connectivity index (χ4v) is 6.31. The number of aryl methyl sites for hydroxylation is 2. The van der Waals surface area contributed by atoms with Gasteiger partial charge in [0.25, 0.3) is 0 Å². The summed E-state index contributed by atoms with van der Waals surface area (Å²) in [5.41, 5.74) is 8.22. The van der Waals surface area contributed by atoms with Crippen LogP contribution in [-0.2, 0) is 6.42 Å². The molecule has 3 aromatic carbocycles. The van der Waals surface area contributed by atoms with Crippen molar-refractivity contribution in [3.63, 3.8) is 0 Å². The van der Waals surface area contributed by atoms with Gasteiger partial charge in [-0.3, -0.25) is 4.39 Å². The standard InChI is InChI=1S/C34H38ClFO2/c1-23-8-11-27(22-33(23)35)31-7-4-6-26-21-28(37)14-19-32(26)34(31)25-12-17-30(18-13-25)38-29-15-9-24(10-16-29)5-2-3-20-36/h8,11-14,17-19,21-22,24,29,37H,2-7,9-10,15-16,20H2,1H3. The van der Waals surface area contributed by atoms with Crippen LogP contribution in [0.1, 0.15) is 85.6 Å². The number of alkyl halides is 1. The Hall–Kier alpha value is -2.78. The van der Waals surface area contributed by atoms with Crippen LogP contribution in [0.3, 0.4) is 0 Å². The maximum Gasteiger partial charge on any atom is 0.119 e. The number of hydrogen-bond acceptors (Lipinski definition) is 2. The number of ether oxygens (including phenoxy) is 1. The number of benzene rings is 3. The maximum atomic E-state index is 12.4. The SMILES string of the molecule is Cc1ccc(C2=C(c3ccc(OC4CCC(CCCCF)CC4)cc3)c3ccc(O)cc3CCC2)cc1Cl. The maximum absolute atomic E-state index is 12.4. The Bertz CT molecular complexity index is 1270. The minimum Gasteiger partial charge on any atom is -0.508 e. The van der Waals surface area contributed by atoms with Crippen molar-refractivity contribution < 1.29 is 14.2 Å². The zero-order valence-corrected chi connectivity index (χ0v) is 23.1. The normalized spacial score (nSPS) is 19.7. The molecule has 0 aromatic heterocycles. The van der Waals surface area contributed by atoms with Crippen molar-refractivity contribution in [2.24, 2.45) is 5.92 Å². The third-order valence-electron chi connectivity index (χ3n) is 8.29. The van der Waals surface area contributed by atoms with E-state index < -0.39 is 0 Å². The first-order valence-electron chi connectivity index (χ1n) is 14.2. The molecule has 0 heterocycles. The first-order chi connectivity index (χ1) is 18.5. The molecule has 0 spiro atoms. The van der Waals surface area contributed by atoms with Crippen molar-refractivity contribution in [2.45, 2.75) is 77.2 Å². The molecule has 1 saturated carbocycles. The molecule has 2 aliphatic carbocycles. The summed E-state index contributed by atoms with van der Waals surface area (Å²) in [5.74, 6) is 1.94. The molecule has 0 radical (unpaired) electrons. The highest BCUT2D eigenvalue weighted by atomic mass is 35.5. The van der Waals surface area contributed by atoms with Gasteiger partial charge in [-0.1, -0.05) is 54.8 Å². The van der Waals surface area contributed by atoms with Crippen molar-refractivity contribution in [3.8, 4) is 11.5 Å². The molecule has 0 bridgehead atoms. The molecule has 3 aromatic rings. The highest BCUT2D eigenvalue weighted by Gasteiger charge is 2.23. The monoisotopic (exact) mass is 532 g/mol. The highest BCUT2D eigenvalue weighted by Crippen LogP contribution is 2.42.